The molecule has 116 valence electrons. The molecule has 1 aromatic carbocycles. The van der Waals surface area contributed by atoms with Crippen molar-refractivity contribution in [2.24, 2.45) is 0 Å². The average Bonchev–Trinajstić information content (AvgIpc) is 2.97. The van der Waals surface area contributed by atoms with Crippen LogP contribution in [0.5, 0.6) is 0 Å². The van der Waals surface area contributed by atoms with E-state index in [1.165, 1.54) is 18.3 Å². The van der Waals surface area contributed by atoms with E-state index in [4.69, 9.17) is 0 Å². The number of aromatic amines is 1. The number of halogens is 1. The number of H-pyrrole nitrogens is 1. The molecule has 3 rings (SSSR count). The van der Waals surface area contributed by atoms with Gasteiger partial charge < -0.3 is 10.3 Å². The fourth-order valence-corrected chi connectivity index (χ4v) is 2.33. The maximum atomic E-state index is 12.2. The Morgan fingerprint density at radius 2 is 1.96 bits per heavy atom. The van der Waals surface area contributed by atoms with Gasteiger partial charge in [0.2, 0.25) is 5.56 Å². The Morgan fingerprint density at radius 1 is 1.17 bits per heavy atom. The van der Waals surface area contributed by atoms with Crippen molar-refractivity contribution in [3.63, 3.8) is 0 Å². The number of benzene rings is 1. The molecule has 0 fully saturated rings. The molecule has 6 nitrogen and oxygen atoms in total. The monoisotopic (exact) mass is 372 g/mol. The highest BCUT2D eigenvalue weighted by molar-refractivity contribution is 9.10. The first-order valence-electron chi connectivity index (χ1n) is 6.88. The number of carbonyl (C=O) groups is 1. The normalized spacial score (nSPS) is 10.5. The Kier molecular flexibility index (Phi) is 4.38. The average molecular weight is 373 g/mol. The second-order valence-electron chi connectivity index (χ2n) is 4.90. The van der Waals surface area contributed by atoms with E-state index in [-0.39, 0.29) is 11.5 Å². The lowest BCUT2D eigenvalue weighted by Crippen LogP contribution is -2.17. The van der Waals surface area contributed by atoms with E-state index in [0.717, 1.165) is 10.0 Å². The van der Waals surface area contributed by atoms with Gasteiger partial charge >= 0.3 is 0 Å². The molecule has 0 saturated carbocycles. The summed E-state index contributed by atoms with van der Waals surface area (Å²) in [4.78, 5) is 25.7. The maximum Gasteiger partial charge on any atom is 0.258 e. The van der Waals surface area contributed by atoms with Crippen molar-refractivity contribution in [1.82, 2.24) is 14.8 Å². The van der Waals surface area contributed by atoms with Gasteiger partial charge in [-0.05, 0) is 23.8 Å². The number of amides is 1. The number of nitrogens with one attached hydrogen (secondary N) is 2. The van der Waals surface area contributed by atoms with Crippen LogP contribution >= 0.6 is 15.9 Å². The molecule has 1 amide bonds. The first-order valence-corrected chi connectivity index (χ1v) is 7.67. The highest BCUT2D eigenvalue weighted by Gasteiger charge is 2.10. The quantitative estimate of drug-likeness (QED) is 0.738. The minimum atomic E-state index is -0.307. The maximum absolute atomic E-state index is 12.2. The first-order chi connectivity index (χ1) is 11.1. The molecule has 0 aliphatic heterocycles. The van der Waals surface area contributed by atoms with Gasteiger partial charge in [0.05, 0.1) is 18.3 Å². The Bertz CT molecular complexity index is 863. The predicted molar refractivity (Wildman–Crippen MR) is 90.5 cm³/mol. The van der Waals surface area contributed by atoms with Gasteiger partial charge in [0.1, 0.15) is 5.82 Å². The molecular weight excluding hydrogens is 360 g/mol. The van der Waals surface area contributed by atoms with Crippen LogP contribution in [-0.4, -0.2) is 20.7 Å². The van der Waals surface area contributed by atoms with Crippen LogP contribution in [0.4, 0.5) is 5.82 Å². The molecule has 2 N–H and O–H groups in total. The van der Waals surface area contributed by atoms with E-state index in [1.54, 1.807) is 16.9 Å². The van der Waals surface area contributed by atoms with E-state index in [1.807, 2.05) is 24.3 Å². The van der Waals surface area contributed by atoms with Gasteiger partial charge in [-0.1, -0.05) is 28.1 Å². The van der Waals surface area contributed by atoms with Gasteiger partial charge in [-0.25, -0.2) is 4.68 Å². The molecule has 23 heavy (non-hydrogen) atoms. The van der Waals surface area contributed by atoms with Crippen LogP contribution in [0.2, 0.25) is 0 Å². The number of anilines is 1. The number of hydrogen-bond donors (Lipinski definition) is 2. The lowest BCUT2D eigenvalue weighted by molar-refractivity contribution is 0.102. The van der Waals surface area contributed by atoms with Crippen molar-refractivity contribution in [1.29, 1.82) is 0 Å². The third-order valence-electron chi connectivity index (χ3n) is 3.25. The van der Waals surface area contributed by atoms with Gasteiger partial charge in [0.25, 0.3) is 5.91 Å². The summed E-state index contributed by atoms with van der Waals surface area (Å²) in [5.41, 5.74) is 1.19. The smallest absolute Gasteiger partial charge is 0.258 e. The Hall–Kier alpha value is -2.67. The van der Waals surface area contributed by atoms with Gasteiger partial charge in [-0.2, -0.15) is 5.10 Å². The van der Waals surface area contributed by atoms with Crippen LogP contribution in [0, 0.1) is 0 Å². The summed E-state index contributed by atoms with van der Waals surface area (Å²) in [7, 11) is 0. The molecule has 2 heterocycles. The van der Waals surface area contributed by atoms with E-state index < -0.39 is 0 Å². The molecule has 0 aliphatic rings. The van der Waals surface area contributed by atoms with Crippen LogP contribution in [-0.2, 0) is 6.54 Å². The van der Waals surface area contributed by atoms with Crippen molar-refractivity contribution in [2.45, 2.75) is 6.54 Å². The van der Waals surface area contributed by atoms with E-state index >= 15 is 0 Å². The molecule has 3 aromatic rings. The SMILES string of the molecule is O=C(Nc1ccnn1Cc1ccc(Br)cc1)c1ccc(=O)[nH]c1. The second kappa shape index (κ2) is 6.62. The molecule has 7 heteroatoms. The summed E-state index contributed by atoms with van der Waals surface area (Å²) in [6.07, 6.45) is 3.01. The standard InChI is InChI=1S/C16H13BrN4O2/c17-13-4-1-11(2-5-13)10-21-14(7-8-19-21)20-16(23)12-3-6-15(22)18-9-12/h1-9H,10H2,(H,18,22)(H,20,23). The third kappa shape index (κ3) is 3.75. The number of carbonyl (C=O) groups excluding carboxylic acids is 1. The van der Waals surface area contributed by atoms with E-state index in [2.05, 4.69) is 31.3 Å². The van der Waals surface area contributed by atoms with Gasteiger partial charge in [-0.3, -0.25) is 9.59 Å². The highest BCUT2D eigenvalue weighted by atomic mass is 79.9. The zero-order valence-corrected chi connectivity index (χ0v) is 13.6. The molecule has 0 bridgehead atoms. The molecule has 0 aliphatic carbocycles. The zero-order chi connectivity index (χ0) is 16.2. The number of pyridine rings is 1. The summed E-state index contributed by atoms with van der Waals surface area (Å²) >= 11 is 3.40. The van der Waals surface area contributed by atoms with Crippen LogP contribution in [0.1, 0.15) is 15.9 Å². The minimum Gasteiger partial charge on any atom is -0.328 e. The van der Waals surface area contributed by atoms with Crippen molar-refractivity contribution in [3.8, 4) is 0 Å². The first kappa shape index (κ1) is 15.2. The molecule has 0 atom stereocenters. The van der Waals surface area contributed by atoms with Crippen molar-refractivity contribution in [3.05, 3.63) is 80.8 Å². The Morgan fingerprint density at radius 3 is 2.65 bits per heavy atom. The van der Waals surface area contributed by atoms with Crippen LogP contribution in [0.15, 0.2) is 64.1 Å². The van der Waals surface area contributed by atoms with Gasteiger partial charge in [-0.15, -0.1) is 0 Å². The van der Waals surface area contributed by atoms with Crippen molar-refractivity contribution >= 4 is 27.7 Å². The lowest BCUT2D eigenvalue weighted by Gasteiger charge is -2.09. The van der Waals surface area contributed by atoms with Crippen LogP contribution < -0.4 is 10.9 Å². The summed E-state index contributed by atoms with van der Waals surface area (Å²) < 4.78 is 2.71. The zero-order valence-electron chi connectivity index (χ0n) is 12.0. The molecule has 2 aromatic heterocycles. The molecule has 0 spiro atoms. The molecular formula is C16H13BrN4O2. The fourth-order valence-electron chi connectivity index (χ4n) is 2.07. The number of aromatic nitrogens is 3. The van der Waals surface area contributed by atoms with E-state index in [9.17, 15) is 9.59 Å². The summed E-state index contributed by atoms with van der Waals surface area (Å²) in [5.74, 6) is 0.280. The third-order valence-corrected chi connectivity index (χ3v) is 3.78. The largest absolute Gasteiger partial charge is 0.328 e. The van der Waals surface area contributed by atoms with Crippen molar-refractivity contribution in [2.75, 3.05) is 5.32 Å². The summed E-state index contributed by atoms with van der Waals surface area (Å²) in [5, 5.41) is 7.02. The summed E-state index contributed by atoms with van der Waals surface area (Å²) in [6.45, 7) is 0.543. The molecule has 0 unspecified atom stereocenters. The van der Waals surface area contributed by atoms with Crippen molar-refractivity contribution < 1.29 is 4.79 Å². The van der Waals surface area contributed by atoms with Gasteiger partial charge in [0, 0.05) is 22.8 Å². The fraction of sp³-hybridized carbons (Fsp3) is 0.0625. The number of nitrogens with zero attached hydrogens (tertiary/aromatic N) is 2. The van der Waals surface area contributed by atoms with Crippen LogP contribution in [0.3, 0.4) is 0 Å². The molecule has 0 saturated heterocycles. The van der Waals surface area contributed by atoms with E-state index in [0.29, 0.717) is 17.9 Å². The minimum absolute atomic E-state index is 0.248. The predicted octanol–water partition coefficient (Wildman–Crippen LogP) is 2.63. The van der Waals surface area contributed by atoms with Crippen LogP contribution in [0.25, 0.3) is 0 Å². The molecule has 0 radical (unpaired) electrons. The Balaban J connectivity index is 1.75. The topological polar surface area (TPSA) is 79.8 Å². The lowest BCUT2D eigenvalue weighted by atomic mass is 10.2. The summed E-state index contributed by atoms with van der Waals surface area (Å²) in [6, 6.07) is 12.4. The second-order valence-corrected chi connectivity index (χ2v) is 5.81. The highest BCUT2D eigenvalue weighted by Crippen LogP contribution is 2.14. The number of hydrogen-bond acceptors (Lipinski definition) is 3. The number of rotatable bonds is 4. The van der Waals surface area contributed by atoms with Gasteiger partial charge in [0.15, 0.2) is 0 Å². The Labute approximate surface area is 140 Å².